The highest BCUT2D eigenvalue weighted by Crippen LogP contribution is 2.32. The van der Waals surface area contributed by atoms with E-state index in [1.807, 2.05) is 4.90 Å². The van der Waals surface area contributed by atoms with Crippen LogP contribution in [0.2, 0.25) is 0 Å². The van der Waals surface area contributed by atoms with Crippen molar-refractivity contribution in [2.45, 2.75) is 38.0 Å². The van der Waals surface area contributed by atoms with E-state index in [-0.39, 0.29) is 17.7 Å². The molecule has 1 aromatic carbocycles. The van der Waals surface area contributed by atoms with Gasteiger partial charge in [-0.25, -0.2) is 0 Å². The minimum Gasteiger partial charge on any atom is -0.406 e. The number of anilines is 1. The van der Waals surface area contributed by atoms with Crippen molar-refractivity contribution in [1.82, 2.24) is 4.90 Å². The molecule has 2 heterocycles. The van der Waals surface area contributed by atoms with Crippen molar-refractivity contribution in [2.75, 3.05) is 31.6 Å². The first kappa shape index (κ1) is 18.9. The second-order valence-electron chi connectivity index (χ2n) is 6.38. The monoisotopic (exact) mass is 374 g/mol. The summed E-state index contributed by atoms with van der Waals surface area (Å²) < 4.78 is 51.6. The predicted molar refractivity (Wildman–Crippen MR) is 86.7 cm³/mol. The Labute approximate surface area is 149 Å². The van der Waals surface area contributed by atoms with E-state index in [2.05, 4.69) is 10.1 Å². The van der Waals surface area contributed by atoms with Crippen LogP contribution in [0.3, 0.4) is 0 Å². The van der Waals surface area contributed by atoms with Crippen molar-refractivity contribution < 1.29 is 32.2 Å². The lowest BCUT2D eigenvalue weighted by Gasteiger charge is -2.39. The third-order valence-corrected chi connectivity index (χ3v) is 4.66. The molecule has 1 aromatic rings. The summed E-state index contributed by atoms with van der Waals surface area (Å²) in [6, 6.07) is 4.69. The van der Waals surface area contributed by atoms with Crippen molar-refractivity contribution in [3.05, 3.63) is 24.3 Å². The van der Waals surface area contributed by atoms with E-state index in [0.29, 0.717) is 44.8 Å². The third-order valence-electron chi connectivity index (χ3n) is 4.66. The van der Waals surface area contributed by atoms with Crippen LogP contribution in [-0.4, -0.2) is 55.3 Å². The first-order chi connectivity index (χ1) is 12.3. The minimum atomic E-state index is -4.74. The highest BCUT2D eigenvalue weighted by Gasteiger charge is 2.41. The number of alkyl halides is 3. The van der Waals surface area contributed by atoms with Gasteiger partial charge in [-0.1, -0.05) is 0 Å². The van der Waals surface area contributed by atoms with Gasteiger partial charge in [0.2, 0.25) is 5.91 Å². The van der Waals surface area contributed by atoms with Crippen molar-refractivity contribution in [3.63, 3.8) is 0 Å². The number of amides is 1. The van der Waals surface area contributed by atoms with Crippen molar-refractivity contribution in [2.24, 2.45) is 0 Å². The Morgan fingerprint density at radius 2 is 1.77 bits per heavy atom. The maximum Gasteiger partial charge on any atom is 0.573 e. The van der Waals surface area contributed by atoms with Gasteiger partial charge in [-0.2, -0.15) is 0 Å². The Bertz CT molecular complexity index is 620. The van der Waals surface area contributed by atoms with Gasteiger partial charge in [0, 0.05) is 31.6 Å². The molecule has 1 amide bonds. The maximum absolute atomic E-state index is 12.4. The van der Waals surface area contributed by atoms with Crippen molar-refractivity contribution >= 4 is 11.6 Å². The van der Waals surface area contributed by atoms with E-state index in [1.54, 1.807) is 6.92 Å². The molecule has 2 saturated heterocycles. The van der Waals surface area contributed by atoms with Gasteiger partial charge in [-0.15, -0.1) is 13.2 Å². The number of hydrogen-bond donors (Lipinski definition) is 1. The molecule has 144 valence electrons. The molecular weight excluding hydrogens is 353 g/mol. The van der Waals surface area contributed by atoms with Crippen LogP contribution in [0.25, 0.3) is 0 Å². The van der Waals surface area contributed by atoms with Gasteiger partial charge >= 0.3 is 6.36 Å². The van der Waals surface area contributed by atoms with E-state index in [0.717, 1.165) is 12.1 Å². The van der Waals surface area contributed by atoms with Crippen LogP contribution in [0.15, 0.2) is 24.3 Å². The molecule has 3 rings (SSSR count). The normalized spacial score (nSPS) is 21.5. The average molecular weight is 374 g/mol. The fraction of sp³-hybridized carbons (Fsp3) is 0.588. The summed E-state index contributed by atoms with van der Waals surface area (Å²) >= 11 is 0. The Balaban J connectivity index is 1.51. The quantitative estimate of drug-likeness (QED) is 0.878. The molecule has 26 heavy (non-hydrogen) atoms. The zero-order valence-corrected chi connectivity index (χ0v) is 14.3. The summed E-state index contributed by atoms with van der Waals surface area (Å²) in [4.78, 5) is 14.4. The van der Waals surface area contributed by atoms with Gasteiger partial charge in [0.15, 0.2) is 5.79 Å². The molecule has 0 saturated carbocycles. The molecule has 0 bridgehead atoms. The highest BCUT2D eigenvalue weighted by atomic mass is 19.4. The highest BCUT2D eigenvalue weighted by molar-refractivity contribution is 5.94. The molecule has 1 atom stereocenters. The smallest absolute Gasteiger partial charge is 0.406 e. The summed E-state index contributed by atoms with van der Waals surface area (Å²) in [5, 5.41) is 2.71. The molecule has 1 spiro atoms. The summed E-state index contributed by atoms with van der Waals surface area (Å²) in [5.41, 5.74) is 0.410. The number of nitrogens with one attached hydrogen (secondary N) is 1. The number of halogens is 3. The van der Waals surface area contributed by atoms with Gasteiger partial charge in [-0.3, -0.25) is 9.69 Å². The third kappa shape index (κ3) is 4.66. The lowest BCUT2D eigenvalue weighted by molar-refractivity contribution is -0.274. The number of nitrogens with zero attached hydrogens (tertiary/aromatic N) is 1. The van der Waals surface area contributed by atoms with Crippen LogP contribution < -0.4 is 10.1 Å². The number of carbonyl (C=O) groups is 1. The van der Waals surface area contributed by atoms with Crippen LogP contribution in [0.4, 0.5) is 18.9 Å². The molecule has 0 aliphatic carbocycles. The Hall–Kier alpha value is -1.84. The Kier molecular flexibility index (Phi) is 5.40. The second kappa shape index (κ2) is 7.42. The number of carbonyl (C=O) groups excluding carboxylic acids is 1. The van der Waals surface area contributed by atoms with Gasteiger partial charge in [0.25, 0.3) is 0 Å². The van der Waals surface area contributed by atoms with Crippen LogP contribution in [0, 0.1) is 0 Å². The lowest BCUT2D eigenvalue weighted by atomic mass is 10.0. The van der Waals surface area contributed by atoms with Crippen molar-refractivity contribution in [3.8, 4) is 5.75 Å². The number of likely N-dealkylation sites (tertiary alicyclic amines) is 1. The van der Waals surface area contributed by atoms with Crippen molar-refractivity contribution in [1.29, 1.82) is 0 Å². The summed E-state index contributed by atoms with van der Waals surface area (Å²) in [6.07, 6.45) is -3.33. The van der Waals surface area contributed by atoms with Crippen LogP contribution in [0.1, 0.15) is 19.8 Å². The number of rotatable bonds is 4. The zero-order chi connectivity index (χ0) is 18.8. The topological polar surface area (TPSA) is 60.0 Å². The zero-order valence-electron chi connectivity index (χ0n) is 14.3. The maximum atomic E-state index is 12.4. The lowest BCUT2D eigenvalue weighted by Crippen LogP contribution is -2.51. The number of piperidine rings is 1. The molecule has 1 N–H and O–H groups in total. The van der Waals surface area contributed by atoms with Crippen LogP contribution in [-0.2, 0) is 14.3 Å². The van der Waals surface area contributed by atoms with Gasteiger partial charge in [-0.05, 0) is 31.2 Å². The average Bonchev–Trinajstić information content (AvgIpc) is 3.03. The fourth-order valence-corrected chi connectivity index (χ4v) is 3.19. The first-order valence-corrected chi connectivity index (χ1v) is 8.45. The first-order valence-electron chi connectivity index (χ1n) is 8.45. The number of benzene rings is 1. The minimum absolute atomic E-state index is 0.223. The van der Waals surface area contributed by atoms with Crippen LogP contribution >= 0.6 is 0 Å². The molecule has 0 radical (unpaired) electrons. The van der Waals surface area contributed by atoms with E-state index in [9.17, 15) is 18.0 Å². The molecule has 6 nitrogen and oxygen atoms in total. The predicted octanol–water partition coefficient (Wildman–Crippen LogP) is 2.75. The second-order valence-corrected chi connectivity index (χ2v) is 6.38. The molecule has 2 fully saturated rings. The van der Waals surface area contributed by atoms with E-state index in [1.165, 1.54) is 12.1 Å². The van der Waals surface area contributed by atoms with Gasteiger partial charge < -0.3 is 19.5 Å². The Morgan fingerprint density at radius 1 is 1.19 bits per heavy atom. The van der Waals surface area contributed by atoms with Gasteiger partial charge in [0.05, 0.1) is 19.3 Å². The SMILES string of the molecule is CC(C(=O)Nc1ccc(OC(F)(F)F)cc1)N1CCC2(CC1)OCCO2. The Morgan fingerprint density at radius 3 is 2.31 bits per heavy atom. The summed E-state index contributed by atoms with van der Waals surface area (Å²) in [7, 11) is 0. The molecule has 2 aliphatic heterocycles. The van der Waals surface area contributed by atoms with E-state index in [4.69, 9.17) is 9.47 Å². The van der Waals surface area contributed by atoms with E-state index < -0.39 is 12.1 Å². The molecule has 2 aliphatic rings. The number of hydrogen-bond acceptors (Lipinski definition) is 5. The number of ether oxygens (including phenoxy) is 3. The standard InChI is InChI=1S/C17H21F3N2O4/c1-12(22-8-6-16(7-9-22)24-10-11-25-16)15(23)21-13-2-4-14(5-3-13)26-17(18,19)20/h2-5,12H,6-11H2,1H3,(H,21,23). The summed E-state index contributed by atoms with van der Waals surface area (Å²) in [5.74, 6) is -1.05. The fourth-order valence-electron chi connectivity index (χ4n) is 3.19. The van der Waals surface area contributed by atoms with Crippen LogP contribution in [0.5, 0.6) is 5.75 Å². The largest absolute Gasteiger partial charge is 0.573 e. The van der Waals surface area contributed by atoms with Gasteiger partial charge in [0.1, 0.15) is 5.75 Å². The molecule has 0 aromatic heterocycles. The molecule has 9 heteroatoms. The van der Waals surface area contributed by atoms with E-state index >= 15 is 0 Å². The molecule has 1 unspecified atom stereocenters. The summed E-state index contributed by atoms with van der Waals surface area (Å²) in [6.45, 7) is 4.35. The molecular formula is C17H21F3N2O4.